The average molecular weight is 828 g/mol. The zero-order valence-electron chi connectivity index (χ0n) is 31.7. The standard InChI is InChI=1S/C39H62IN3O8/c1-35(2,43-47)15-8-7-9-24-14-16-38(5)31-12-10-29-28(36(31,3)17-18-37(24,38)4)11-13-32(39(29,6)40)51-33-21-26(44)20-27(50-33)23-49-34-30(42-46)19-25(41-45)22-48-34/h10,24-28,30-34,44H,7-9,11-23H2,1-6H3/t24?,25-,26-,27-,28?,30+,31?,32-,33-,34+,36-,37+,38-,39-/m0/s1. The van der Waals surface area contributed by atoms with E-state index in [4.69, 9.17) is 18.9 Å². The minimum Gasteiger partial charge on any atom is -0.393 e. The van der Waals surface area contributed by atoms with Crippen LogP contribution >= 0.6 is 22.6 Å². The highest BCUT2D eigenvalue weighted by Gasteiger charge is 2.67. The van der Waals surface area contributed by atoms with E-state index in [1.54, 1.807) is 0 Å². The summed E-state index contributed by atoms with van der Waals surface area (Å²) >= 11 is 2.64. The van der Waals surface area contributed by atoms with Gasteiger partial charge in [0, 0.05) is 19.3 Å². The summed E-state index contributed by atoms with van der Waals surface area (Å²) in [5.41, 5.74) is 1.98. The number of aliphatic hydroxyl groups is 1. The molecule has 0 aromatic heterocycles. The molecule has 12 heteroatoms. The molecule has 0 bridgehead atoms. The van der Waals surface area contributed by atoms with Gasteiger partial charge in [-0.25, -0.2) is 0 Å². The highest BCUT2D eigenvalue weighted by Crippen LogP contribution is 2.74. The van der Waals surface area contributed by atoms with Gasteiger partial charge in [0.2, 0.25) is 0 Å². The molecule has 0 radical (unpaired) electrons. The van der Waals surface area contributed by atoms with E-state index < -0.39 is 42.4 Å². The van der Waals surface area contributed by atoms with Gasteiger partial charge in [-0.1, -0.05) is 83.4 Å². The average Bonchev–Trinajstić information content (AvgIpc) is 3.36. The number of nitrogens with zero attached hydrogens (tertiary/aromatic N) is 3. The Kier molecular flexibility index (Phi) is 11.9. The van der Waals surface area contributed by atoms with E-state index in [0.29, 0.717) is 35.5 Å². The van der Waals surface area contributed by atoms with Gasteiger partial charge in [-0.05, 0) is 113 Å². The Hall–Kier alpha value is -0.930. The predicted molar refractivity (Wildman–Crippen MR) is 204 cm³/mol. The van der Waals surface area contributed by atoms with Crippen LogP contribution in [0.5, 0.6) is 0 Å². The van der Waals surface area contributed by atoms with Gasteiger partial charge >= 0.3 is 0 Å². The fourth-order valence-electron chi connectivity index (χ4n) is 11.8. The Labute approximate surface area is 317 Å². The van der Waals surface area contributed by atoms with Crippen LogP contribution in [-0.2, 0) is 18.9 Å². The Morgan fingerprint density at radius 2 is 1.76 bits per heavy atom. The topological polar surface area (TPSA) is 145 Å². The van der Waals surface area contributed by atoms with Crippen LogP contribution in [0.1, 0.15) is 131 Å². The molecule has 1 N–H and O–H groups in total. The predicted octanol–water partition coefficient (Wildman–Crippen LogP) is 9.15. The first-order valence-electron chi connectivity index (χ1n) is 19.7. The molecule has 11 nitrogen and oxygen atoms in total. The fourth-order valence-corrected chi connectivity index (χ4v) is 12.9. The van der Waals surface area contributed by atoms with Gasteiger partial charge in [-0.3, -0.25) is 0 Å². The second kappa shape index (κ2) is 15.3. The molecule has 6 aliphatic rings. The first-order valence-corrected chi connectivity index (χ1v) is 20.8. The number of allylic oxidation sites excluding steroid dienone is 1. The summed E-state index contributed by atoms with van der Waals surface area (Å²) in [6.07, 6.45) is 13.8. The lowest BCUT2D eigenvalue weighted by atomic mass is 9.40. The van der Waals surface area contributed by atoms with Crippen molar-refractivity contribution < 1.29 is 24.1 Å². The van der Waals surface area contributed by atoms with E-state index in [1.165, 1.54) is 44.1 Å². The normalized spacial score (nSPS) is 47.0. The van der Waals surface area contributed by atoms with E-state index in [-0.39, 0.29) is 34.6 Å². The van der Waals surface area contributed by atoms with E-state index in [9.17, 15) is 19.8 Å². The maximum absolute atomic E-state index is 11.4. The summed E-state index contributed by atoms with van der Waals surface area (Å²) in [7, 11) is 0. The molecule has 5 fully saturated rings. The SMILES string of the molecule is CC(C)(CCCCC1CC[C@@]2(C)C3CC=C4C(CC[C@H](O[C@H]5C[C@@H](O)C[C@@H](CO[C@H]6OC[C@@H](N=O)C[C@H]6N=O)O5)[C@@]4(C)I)[C@]3(C)CC[C@]12C)N=O. The van der Waals surface area contributed by atoms with Crippen molar-refractivity contribution in [3.63, 3.8) is 0 Å². The second-order valence-electron chi connectivity index (χ2n) is 18.5. The smallest absolute Gasteiger partial charge is 0.183 e. The number of hydrogen-bond acceptors (Lipinski definition) is 11. The van der Waals surface area contributed by atoms with E-state index in [2.05, 4.69) is 71.9 Å². The summed E-state index contributed by atoms with van der Waals surface area (Å²) in [4.78, 5) is 33.5. The largest absolute Gasteiger partial charge is 0.393 e. The van der Waals surface area contributed by atoms with Crippen molar-refractivity contribution in [3.05, 3.63) is 26.4 Å². The maximum atomic E-state index is 11.4. The molecule has 6 rings (SSSR count). The van der Waals surface area contributed by atoms with Gasteiger partial charge in [0.05, 0.1) is 40.5 Å². The molecule has 3 unspecified atom stereocenters. The molecule has 51 heavy (non-hydrogen) atoms. The third kappa shape index (κ3) is 7.54. The number of fused-ring (bicyclic) bond motifs is 5. The van der Waals surface area contributed by atoms with Crippen molar-refractivity contribution in [2.24, 2.45) is 49.5 Å². The number of aliphatic hydroxyl groups excluding tert-OH is 1. The van der Waals surface area contributed by atoms with Gasteiger partial charge < -0.3 is 24.1 Å². The second-order valence-corrected chi connectivity index (χ2v) is 20.8. The number of rotatable bonds is 13. The van der Waals surface area contributed by atoms with Gasteiger partial charge in [-0.2, -0.15) is 14.7 Å². The van der Waals surface area contributed by atoms with E-state index in [1.807, 2.05) is 13.8 Å². The third-order valence-corrected chi connectivity index (χ3v) is 16.4. The van der Waals surface area contributed by atoms with Gasteiger partial charge in [0.1, 0.15) is 12.1 Å². The molecular formula is C39H62IN3O8. The first-order chi connectivity index (χ1) is 24.1. The minimum atomic E-state index is -0.862. The quantitative estimate of drug-likeness (QED) is 0.0637. The van der Waals surface area contributed by atoms with Crippen molar-refractivity contribution in [2.45, 2.75) is 183 Å². The third-order valence-electron chi connectivity index (χ3n) is 15.1. The Bertz CT molecular complexity index is 1310. The molecule has 0 aromatic carbocycles. The summed E-state index contributed by atoms with van der Waals surface area (Å²) in [6.45, 7) is 14.3. The maximum Gasteiger partial charge on any atom is 0.183 e. The molecule has 0 aromatic rings. The van der Waals surface area contributed by atoms with Gasteiger partial charge in [0.15, 0.2) is 12.6 Å². The number of hydrogen-bond donors (Lipinski definition) is 1. The van der Waals surface area contributed by atoms with E-state index in [0.717, 1.165) is 38.0 Å². The zero-order chi connectivity index (χ0) is 36.8. The first kappa shape index (κ1) is 39.8. The number of halogens is 1. The molecule has 2 heterocycles. The molecule has 0 amide bonds. The Balaban J connectivity index is 1.08. The minimum absolute atomic E-state index is 0.0459. The summed E-state index contributed by atoms with van der Waals surface area (Å²) in [5, 5.41) is 20.2. The van der Waals surface area contributed by atoms with Crippen LogP contribution in [-0.4, -0.2) is 70.3 Å². The lowest BCUT2D eigenvalue weighted by molar-refractivity contribution is -0.261. The van der Waals surface area contributed by atoms with Crippen molar-refractivity contribution in [2.75, 3.05) is 13.2 Å². The van der Waals surface area contributed by atoms with Crippen LogP contribution in [0, 0.1) is 48.7 Å². The van der Waals surface area contributed by atoms with Crippen LogP contribution in [0.2, 0.25) is 0 Å². The molecule has 2 aliphatic heterocycles. The number of ether oxygens (including phenoxy) is 4. The molecular weight excluding hydrogens is 765 g/mol. The number of nitroso groups, excluding NO2 is 3. The van der Waals surface area contributed by atoms with Gasteiger partial charge in [-0.15, -0.1) is 0 Å². The van der Waals surface area contributed by atoms with Crippen molar-refractivity contribution in [1.82, 2.24) is 0 Å². The van der Waals surface area contributed by atoms with Crippen LogP contribution in [0.4, 0.5) is 0 Å². The molecule has 14 atom stereocenters. The van der Waals surface area contributed by atoms with Crippen molar-refractivity contribution >= 4 is 22.6 Å². The van der Waals surface area contributed by atoms with E-state index >= 15 is 0 Å². The molecule has 3 saturated carbocycles. The summed E-state index contributed by atoms with van der Waals surface area (Å²) < 4.78 is 24.4. The van der Waals surface area contributed by atoms with Crippen LogP contribution < -0.4 is 0 Å². The van der Waals surface area contributed by atoms with Crippen LogP contribution in [0.3, 0.4) is 0 Å². The summed E-state index contributed by atoms with van der Waals surface area (Å²) in [5.74, 6) is 1.93. The summed E-state index contributed by atoms with van der Waals surface area (Å²) in [6, 6.07) is -1.42. The van der Waals surface area contributed by atoms with Crippen LogP contribution in [0.15, 0.2) is 27.2 Å². The zero-order valence-corrected chi connectivity index (χ0v) is 33.8. The fraction of sp³-hybridized carbons (Fsp3) is 0.949. The number of unbranched alkanes of at least 4 members (excludes halogenated alkanes) is 1. The Morgan fingerprint density at radius 1 is 0.980 bits per heavy atom. The highest BCUT2D eigenvalue weighted by molar-refractivity contribution is 14.1. The van der Waals surface area contributed by atoms with Gasteiger partial charge in [0.25, 0.3) is 0 Å². The van der Waals surface area contributed by atoms with Crippen molar-refractivity contribution in [3.8, 4) is 0 Å². The number of alkyl halides is 1. The monoisotopic (exact) mass is 827 g/mol. The lowest BCUT2D eigenvalue weighted by Gasteiger charge is -2.65. The van der Waals surface area contributed by atoms with Crippen LogP contribution in [0.25, 0.3) is 0 Å². The molecule has 4 aliphatic carbocycles. The molecule has 288 valence electrons. The lowest BCUT2D eigenvalue weighted by Crippen LogP contribution is -2.60. The van der Waals surface area contributed by atoms with Crippen molar-refractivity contribution in [1.29, 1.82) is 0 Å². The molecule has 2 saturated heterocycles. The highest BCUT2D eigenvalue weighted by atomic mass is 127. The Morgan fingerprint density at radius 3 is 2.49 bits per heavy atom. The molecule has 0 spiro atoms.